The van der Waals surface area contributed by atoms with Crippen LogP contribution in [0, 0.1) is 6.92 Å². The molecule has 0 unspecified atom stereocenters. The molecular weight excluding hydrogens is 373 g/mol. The molecule has 3 aromatic rings. The zero-order valence-corrected chi connectivity index (χ0v) is 14.8. The molecule has 0 aliphatic heterocycles. The van der Waals surface area contributed by atoms with Crippen molar-refractivity contribution >= 4 is 23.2 Å². The Labute approximate surface area is 151 Å². The second kappa shape index (κ2) is 6.27. The Balaban J connectivity index is 2.02. The molecular formula is C15H14ClF3N6O. The van der Waals surface area contributed by atoms with Crippen LogP contribution in [0.4, 0.5) is 13.2 Å². The molecule has 3 heterocycles. The van der Waals surface area contributed by atoms with Gasteiger partial charge in [-0.2, -0.15) is 23.4 Å². The Morgan fingerprint density at radius 1 is 1.35 bits per heavy atom. The van der Waals surface area contributed by atoms with Crippen molar-refractivity contribution in [1.29, 1.82) is 0 Å². The lowest BCUT2D eigenvalue weighted by molar-refractivity contribution is -0.142. The van der Waals surface area contributed by atoms with Crippen molar-refractivity contribution < 1.29 is 18.0 Å². The maximum Gasteiger partial charge on any atom is 0.433 e. The molecule has 0 aliphatic carbocycles. The number of aromatic nitrogens is 5. The van der Waals surface area contributed by atoms with E-state index in [-0.39, 0.29) is 28.6 Å². The van der Waals surface area contributed by atoms with Crippen LogP contribution >= 0.6 is 11.6 Å². The first-order valence-electron chi connectivity index (χ1n) is 7.45. The number of hydrogen-bond acceptors (Lipinski definition) is 4. The first-order valence-corrected chi connectivity index (χ1v) is 7.83. The summed E-state index contributed by atoms with van der Waals surface area (Å²) in [5.74, 6) is -0.628. The van der Waals surface area contributed by atoms with Gasteiger partial charge in [-0.3, -0.25) is 9.48 Å². The minimum absolute atomic E-state index is 0.118. The third kappa shape index (κ3) is 3.24. The number of carbonyl (C=O) groups excluding carboxylic acids is 1. The number of amides is 1. The van der Waals surface area contributed by atoms with Crippen LogP contribution in [-0.4, -0.2) is 42.2 Å². The van der Waals surface area contributed by atoms with Crippen LogP contribution in [0.2, 0.25) is 5.02 Å². The second-order valence-corrected chi connectivity index (χ2v) is 6.20. The van der Waals surface area contributed by atoms with E-state index >= 15 is 0 Å². The fraction of sp³-hybridized carbons (Fsp3) is 0.333. The summed E-state index contributed by atoms with van der Waals surface area (Å²) in [6.07, 6.45) is -2.95. The van der Waals surface area contributed by atoms with E-state index in [0.29, 0.717) is 10.2 Å². The molecule has 0 saturated heterocycles. The molecule has 0 radical (unpaired) electrons. The lowest BCUT2D eigenvalue weighted by Gasteiger charge is -2.14. The molecule has 7 nitrogen and oxygen atoms in total. The van der Waals surface area contributed by atoms with Crippen LogP contribution in [0.1, 0.15) is 27.6 Å². The van der Waals surface area contributed by atoms with Crippen LogP contribution in [0.25, 0.3) is 5.65 Å². The van der Waals surface area contributed by atoms with Crippen LogP contribution in [0.5, 0.6) is 0 Å². The second-order valence-electron chi connectivity index (χ2n) is 5.82. The highest BCUT2D eigenvalue weighted by molar-refractivity contribution is 6.36. The molecule has 0 saturated carbocycles. The Morgan fingerprint density at radius 3 is 2.62 bits per heavy atom. The maximum atomic E-state index is 13.3. The highest BCUT2D eigenvalue weighted by Gasteiger charge is 2.36. The third-order valence-corrected chi connectivity index (χ3v) is 4.02. The molecule has 0 aliphatic rings. The van der Waals surface area contributed by atoms with Crippen LogP contribution in [0.3, 0.4) is 0 Å². The van der Waals surface area contributed by atoms with Crippen molar-refractivity contribution in [2.45, 2.75) is 19.6 Å². The van der Waals surface area contributed by atoms with Gasteiger partial charge in [0, 0.05) is 26.0 Å². The van der Waals surface area contributed by atoms with Gasteiger partial charge < -0.3 is 4.90 Å². The highest BCUT2D eigenvalue weighted by atomic mass is 35.5. The molecule has 0 atom stereocenters. The summed E-state index contributed by atoms with van der Waals surface area (Å²) in [5.41, 5.74) is -0.823. The van der Waals surface area contributed by atoms with Crippen LogP contribution < -0.4 is 0 Å². The quantitative estimate of drug-likeness (QED) is 0.694. The van der Waals surface area contributed by atoms with E-state index in [9.17, 15) is 18.0 Å². The fourth-order valence-electron chi connectivity index (χ4n) is 2.49. The smallest absolute Gasteiger partial charge is 0.334 e. The minimum atomic E-state index is -4.67. The molecule has 26 heavy (non-hydrogen) atoms. The maximum absolute atomic E-state index is 13.3. The van der Waals surface area contributed by atoms with Gasteiger partial charge in [0.1, 0.15) is 10.7 Å². The zero-order chi connectivity index (χ0) is 19.2. The molecule has 1 amide bonds. The Bertz CT molecular complexity index is 993. The molecule has 0 spiro atoms. The first kappa shape index (κ1) is 18.2. The van der Waals surface area contributed by atoms with Crippen LogP contribution in [0.15, 0.2) is 18.3 Å². The molecule has 0 bridgehead atoms. The summed E-state index contributed by atoms with van der Waals surface area (Å²) in [7, 11) is 3.22. The van der Waals surface area contributed by atoms with Crippen LogP contribution in [-0.2, 0) is 19.8 Å². The van der Waals surface area contributed by atoms with Crippen molar-refractivity contribution in [3.63, 3.8) is 0 Å². The highest BCUT2D eigenvalue weighted by Crippen LogP contribution is 2.32. The van der Waals surface area contributed by atoms with Gasteiger partial charge in [0.15, 0.2) is 11.3 Å². The molecule has 138 valence electrons. The average Bonchev–Trinajstić information content (AvgIpc) is 3.09. The topological polar surface area (TPSA) is 68.3 Å². The summed E-state index contributed by atoms with van der Waals surface area (Å²) in [6.45, 7) is 1.57. The Hall–Kier alpha value is -2.62. The zero-order valence-electron chi connectivity index (χ0n) is 14.0. The van der Waals surface area contributed by atoms with Crippen molar-refractivity contribution in [3.05, 3.63) is 46.1 Å². The number of fused-ring (bicyclic) bond motifs is 1. The number of carbonyl (C=O) groups is 1. The van der Waals surface area contributed by atoms with Gasteiger partial charge in [-0.15, -0.1) is 0 Å². The molecule has 0 fully saturated rings. The number of halogens is 4. The Morgan fingerprint density at radius 2 is 2.04 bits per heavy atom. The SMILES string of the molecule is Cc1cc(C(F)(F)F)n2nc(C(=O)N(C)Cc3ccn(C)n3)c(Cl)c2n1. The molecule has 0 N–H and O–H groups in total. The van der Waals surface area contributed by atoms with E-state index in [0.717, 1.165) is 6.07 Å². The summed E-state index contributed by atoms with van der Waals surface area (Å²) < 4.78 is 41.9. The third-order valence-electron chi connectivity index (χ3n) is 3.67. The predicted octanol–water partition coefficient (Wildman–Crippen LogP) is 2.72. The summed E-state index contributed by atoms with van der Waals surface area (Å²) in [6, 6.07) is 2.57. The first-order chi connectivity index (χ1) is 12.1. The van der Waals surface area contributed by atoms with Gasteiger partial charge in [0.25, 0.3) is 5.91 Å². The molecule has 3 rings (SSSR count). The van der Waals surface area contributed by atoms with E-state index in [2.05, 4.69) is 15.2 Å². The summed E-state index contributed by atoms with van der Waals surface area (Å²) in [5, 5.41) is 7.70. The largest absolute Gasteiger partial charge is 0.433 e. The lowest BCUT2D eigenvalue weighted by atomic mass is 10.3. The number of alkyl halides is 3. The van der Waals surface area contributed by atoms with Gasteiger partial charge in [-0.25, -0.2) is 9.50 Å². The standard InChI is InChI=1S/C15H14ClF3N6O/c1-8-6-10(15(17,18)19)25-13(20-8)11(16)12(22-25)14(26)23(2)7-9-4-5-24(3)21-9/h4-6H,7H2,1-3H3. The van der Waals surface area contributed by atoms with Gasteiger partial charge in [0.2, 0.25) is 0 Å². The predicted molar refractivity (Wildman–Crippen MR) is 86.7 cm³/mol. The van der Waals surface area contributed by atoms with E-state index in [1.54, 1.807) is 24.0 Å². The fourth-order valence-corrected chi connectivity index (χ4v) is 2.74. The Kier molecular flexibility index (Phi) is 4.39. The lowest BCUT2D eigenvalue weighted by Crippen LogP contribution is -2.27. The summed E-state index contributed by atoms with van der Waals surface area (Å²) >= 11 is 6.12. The normalized spacial score (nSPS) is 12.0. The van der Waals surface area contributed by atoms with Crippen molar-refractivity contribution in [3.8, 4) is 0 Å². The van der Waals surface area contributed by atoms with E-state index < -0.39 is 17.8 Å². The van der Waals surface area contributed by atoms with Gasteiger partial charge in [-0.1, -0.05) is 11.6 Å². The van der Waals surface area contributed by atoms with Crippen molar-refractivity contribution in [2.75, 3.05) is 7.05 Å². The number of nitrogens with zero attached hydrogens (tertiary/aromatic N) is 6. The van der Waals surface area contributed by atoms with Crippen molar-refractivity contribution in [2.24, 2.45) is 7.05 Å². The summed E-state index contributed by atoms with van der Waals surface area (Å²) in [4.78, 5) is 17.9. The number of aryl methyl sites for hydroxylation is 2. The van der Waals surface area contributed by atoms with E-state index in [1.807, 2.05) is 0 Å². The number of rotatable bonds is 3. The van der Waals surface area contributed by atoms with E-state index in [1.165, 1.54) is 18.9 Å². The minimum Gasteiger partial charge on any atom is -0.334 e. The molecule has 3 aromatic heterocycles. The average molecular weight is 387 g/mol. The van der Waals surface area contributed by atoms with E-state index in [4.69, 9.17) is 11.6 Å². The van der Waals surface area contributed by atoms with Crippen molar-refractivity contribution in [1.82, 2.24) is 29.3 Å². The molecule has 11 heteroatoms. The number of hydrogen-bond donors (Lipinski definition) is 0. The monoisotopic (exact) mass is 386 g/mol. The van der Waals surface area contributed by atoms with Gasteiger partial charge >= 0.3 is 6.18 Å². The molecule has 0 aromatic carbocycles. The van der Waals surface area contributed by atoms with Gasteiger partial charge in [-0.05, 0) is 19.1 Å². The van der Waals surface area contributed by atoms with Gasteiger partial charge in [0.05, 0.1) is 12.2 Å².